The number of piperazine rings is 1. The van der Waals surface area contributed by atoms with Crippen LogP contribution >= 0.6 is 0 Å². The quantitative estimate of drug-likeness (QED) is 0.891. The summed E-state index contributed by atoms with van der Waals surface area (Å²) in [4.78, 5) is 20.7. The molecule has 1 fully saturated rings. The third-order valence-electron chi connectivity index (χ3n) is 4.42. The second kappa shape index (κ2) is 8.53. The van der Waals surface area contributed by atoms with Gasteiger partial charge in [0, 0.05) is 69.0 Å². The van der Waals surface area contributed by atoms with E-state index < -0.39 is 0 Å². The zero-order chi connectivity index (χ0) is 18.4. The van der Waals surface area contributed by atoms with Crippen molar-refractivity contribution in [2.75, 3.05) is 45.7 Å². The van der Waals surface area contributed by atoms with Crippen LogP contribution in [0.15, 0.2) is 42.7 Å². The Morgan fingerprint density at radius 3 is 2.23 bits per heavy atom. The van der Waals surface area contributed by atoms with Crippen LogP contribution in [0, 0.1) is 0 Å². The highest BCUT2D eigenvalue weighted by atomic mass is 16.5. The van der Waals surface area contributed by atoms with Crippen molar-refractivity contribution in [2.45, 2.75) is 6.54 Å². The largest absolute Gasteiger partial charge is 0.497 e. The summed E-state index contributed by atoms with van der Waals surface area (Å²) >= 11 is 0. The molecule has 0 aliphatic carbocycles. The van der Waals surface area contributed by atoms with Crippen molar-refractivity contribution in [1.29, 1.82) is 0 Å². The number of nitrogens with zero attached hydrogens (tertiary/aromatic N) is 3. The van der Waals surface area contributed by atoms with Crippen molar-refractivity contribution in [1.82, 2.24) is 14.8 Å². The maximum absolute atomic E-state index is 12.5. The lowest BCUT2D eigenvalue weighted by atomic mass is 10.2. The number of rotatable bonds is 5. The Bertz CT molecular complexity index is 709. The molecule has 26 heavy (non-hydrogen) atoms. The SMILES string of the molecule is COc1cc(NC(=O)N2CCN(Cc3ccncc3)CC2)cc(OC)c1. The van der Waals surface area contributed by atoms with Gasteiger partial charge in [0.05, 0.1) is 14.2 Å². The number of hydrogen-bond donors (Lipinski definition) is 1. The topological polar surface area (TPSA) is 66.9 Å². The van der Waals surface area contributed by atoms with Crippen molar-refractivity contribution in [3.63, 3.8) is 0 Å². The molecular formula is C19H24N4O3. The molecular weight excluding hydrogens is 332 g/mol. The molecule has 2 amide bonds. The van der Waals surface area contributed by atoms with Crippen LogP contribution in [0.3, 0.4) is 0 Å². The molecule has 1 N–H and O–H groups in total. The van der Waals surface area contributed by atoms with E-state index in [9.17, 15) is 4.79 Å². The molecule has 2 aromatic rings. The first-order valence-electron chi connectivity index (χ1n) is 8.58. The monoisotopic (exact) mass is 356 g/mol. The summed E-state index contributed by atoms with van der Waals surface area (Å²) in [6, 6.07) is 9.27. The van der Waals surface area contributed by atoms with E-state index in [1.54, 1.807) is 44.8 Å². The summed E-state index contributed by atoms with van der Waals surface area (Å²) in [7, 11) is 3.17. The van der Waals surface area contributed by atoms with Crippen LogP contribution in [0.1, 0.15) is 5.56 Å². The minimum atomic E-state index is -0.108. The van der Waals surface area contributed by atoms with Gasteiger partial charge in [-0.15, -0.1) is 0 Å². The molecule has 0 atom stereocenters. The number of anilines is 1. The lowest BCUT2D eigenvalue weighted by Crippen LogP contribution is -2.49. The standard InChI is InChI=1S/C19H24N4O3/c1-25-17-11-16(12-18(13-17)26-2)21-19(24)23-9-7-22(8-10-23)14-15-3-5-20-6-4-15/h3-6,11-13H,7-10,14H2,1-2H3,(H,21,24). The average molecular weight is 356 g/mol. The van der Waals surface area contributed by atoms with Gasteiger partial charge in [0.25, 0.3) is 0 Å². The number of nitrogens with one attached hydrogen (secondary N) is 1. The molecule has 2 heterocycles. The molecule has 1 saturated heterocycles. The van der Waals surface area contributed by atoms with Crippen molar-refractivity contribution >= 4 is 11.7 Å². The van der Waals surface area contributed by atoms with Crippen LogP contribution in [-0.4, -0.2) is 61.2 Å². The summed E-state index contributed by atoms with van der Waals surface area (Å²) < 4.78 is 10.5. The molecule has 7 heteroatoms. The van der Waals surface area contributed by atoms with Crippen molar-refractivity contribution < 1.29 is 14.3 Å². The van der Waals surface area contributed by atoms with Crippen molar-refractivity contribution in [3.8, 4) is 11.5 Å². The molecule has 0 radical (unpaired) electrons. The van der Waals surface area contributed by atoms with Crippen LogP contribution in [0.25, 0.3) is 0 Å². The van der Waals surface area contributed by atoms with Gasteiger partial charge in [0.1, 0.15) is 11.5 Å². The first-order valence-corrected chi connectivity index (χ1v) is 8.58. The Morgan fingerprint density at radius 1 is 1.04 bits per heavy atom. The summed E-state index contributed by atoms with van der Waals surface area (Å²) in [5, 5.41) is 2.93. The molecule has 1 aliphatic rings. The molecule has 1 aliphatic heterocycles. The van der Waals surface area contributed by atoms with Gasteiger partial charge in [-0.25, -0.2) is 4.79 Å². The van der Waals surface area contributed by atoms with E-state index in [-0.39, 0.29) is 6.03 Å². The minimum Gasteiger partial charge on any atom is -0.497 e. The molecule has 0 saturated carbocycles. The van der Waals surface area contributed by atoms with Gasteiger partial charge in [-0.1, -0.05) is 0 Å². The van der Waals surface area contributed by atoms with Gasteiger partial charge in [-0.3, -0.25) is 9.88 Å². The first-order chi connectivity index (χ1) is 12.7. The minimum absolute atomic E-state index is 0.108. The van der Waals surface area contributed by atoms with E-state index in [2.05, 4.69) is 15.2 Å². The van der Waals surface area contributed by atoms with E-state index in [1.165, 1.54) is 5.56 Å². The predicted octanol–water partition coefficient (Wildman–Crippen LogP) is 2.45. The first kappa shape index (κ1) is 18.0. The average Bonchev–Trinajstić information content (AvgIpc) is 2.69. The lowest BCUT2D eigenvalue weighted by Gasteiger charge is -2.34. The number of hydrogen-bond acceptors (Lipinski definition) is 5. The second-order valence-electron chi connectivity index (χ2n) is 6.15. The highest BCUT2D eigenvalue weighted by Gasteiger charge is 2.21. The summed E-state index contributed by atoms with van der Waals surface area (Å²) in [5.74, 6) is 1.28. The molecule has 1 aromatic carbocycles. The van der Waals surface area contributed by atoms with E-state index in [0.717, 1.165) is 19.6 Å². The number of amides is 2. The molecule has 0 bridgehead atoms. The van der Waals surface area contributed by atoms with Gasteiger partial charge >= 0.3 is 6.03 Å². The number of pyridine rings is 1. The zero-order valence-corrected chi connectivity index (χ0v) is 15.1. The van der Waals surface area contributed by atoms with E-state index in [1.807, 2.05) is 17.0 Å². The fraction of sp³-hybridized carbons (Fsp3) is 0.368. The van der Waals surface area contributed by atoms with Crippen molar-refractivity contribution in [3.05, 3.63) is 48.3 Å². The normalized spacial score (nSPS) is 14.8. The zero-order valence-electron chi connectivity index (χ0n) is 15.1. The van der Waals surface area contributed by atoms with Gasteiger partial charge < -0.3 is 19.7 Å². The van der Waals surface area contributed by atoms with Crippen molar-refractivity contribution in [2.24, 2.45) is 0 Å². The maximum atomic E-state index is 12.5. The summed E-state index contributed by atoms with van der Waals surface area (Å²) in [6.45, 7) is 3.95. The van der Waals surface area contributed by atoms with E-state index in [0.29, 0.717) is 30.3 Å². The number of carbonyl (C=O) groups is 1. The van der Waals surface area contributed by atoms with Gasteiger partial charge in [0.2, 0.25) is 0 Å². The summed E-state index contributed by atoms with van der Waals surface area (Å²) in [5.41, 5.74) is 1.90. The van der Waals surface area contributed by atoms with E-state index >= 15 is 0 Å². The number of carbonyl (C=O) groups excluding carboxylic acids is 1. The molecule has 138 valence electrons. The Labute approximate surface area is 153 Å². The predicted molar refractivity (Wildman–Crippen MR) is 99.7 cm³/mol. The lowest BCUT2D eigenvalue weighted by molar-refractivity contribution is 0.143. The highest BCUT2D eigenvalue weighted by Crippen LogP contribution is 2.26. The Morgan fingerprint density at radius 2 is 1.65 bits per heavy atom. The van der Waals surface area contributed by atoms with Gasteiger partial charge in [-0.2, -0.15) is 0 Å². The van der Waals surface area contributed by atoms with Crippen LogP contribution in [-0.2, 0) is 6.54 Å². The Kier molecular flexibility index (Phi) is 5.91. The number of ether oxygens (including phenoxy) is 2. The molecule has 7 nitrogen and oxygen atoms in total. The molecule has 0 unspecified atom stereocenters. The van der Waals surface area contributed by atoms with Crippen LogP contribution in [0.2, 0.25) is 0 Å². The number of benzene rings is 1. The van der Waals surface area contributed by atoms with Crippen LogP contribution in [0.4, 0.5) is 10.5 Å². The van der Waals surface area contributed by atoms with Crippen LogP contribution in [0.5, 0.6) is 11.5 Å². The number of methoxy groups -OCH3 is 2. The number of aromatic nitrogens is 1. The summed E-state index contributed by atoms with van der Waals surface area (Å²) in [6.07, 6.45) is 3.61. The van der Waals surface area contributed by atoms with Gasteiger partial charge in [0.15, 0.2) is 0 Å². The smallest absolute Gasteiger partial charge is 0.321 e. The molecule has 3 rings (SSSR count). The fourth-order valence-corrected chi connectivity index (χ4v) is 2.94. The molecule has 0 spiro atoms. The third kappa shape index (κ3) is 4.64. The fourth-order valence-electron chi connectivity index (χ4n) is 2.94. The Balaban J connectivity index is 1.54. The molecule has 1 aromatic heterocycles. The highest BCUT2D eigenvalue weighted by molar-refractivity contribution is 5.90. The van der Waals surface area contributed by atoms with Gasteiger partial charge in [-0.05, 0) is 17.7 Å². The third-order valence-corrected chi connectivity index (χ3v) is 4.42. The maximum Gasteiger partial charge on any atom is 0.321 e. The second-order valence-corrected chi connectivity index (χ2v) is 6.15. The Hall–Kier alpha value is -2.80. The van der Waals surface area contributed by atoms with E-state index in [4.69, 9.17) is 9.47 Å². The number of urea groups is 1. The van der Waals surface area contributed by atoms with Crippen LogP contribution < -0.4 is 14.8 Å².